The molecule has 0 bridgehead atoms. The van der Waals surface area contributed by atoms with Gasteiger partial charge < -0.3 is 9.30 Å². The van der Waals surface area contributed by atoms with Crippen molar-refractivity contribution in [3.05, 3.63) is 48.5 Å². The quantitative estimate of drug-likeness (QED) is 0.171. The molecule has 240 valence electrons. The number of amides is 1. The van der Waals surface area contributed by atoms with Crippen molar-refractivity contribution in [2.45, 2.75) is 47.4 Å². The van der Waals surface area contributed by atoms with Crippen LogP contribution in [0.2, 0.25) is 0 Å². The van der Waals surface area contributed by atoms with Crippen molar-refractivity contribution in [2.24, 2.45) is 7.05 Å². The molecule has 0 aliphatic carbocycles. The van der Waals surface area contributed by atoms with E-state index in [2.05, 4.69) is 15.7 Å². The lowest BCUT2D eigenvalue weighted by molar-refractivity contribution is -0.202. The average Bonchev–Trinajstić information content (AvgIpc) is 3.68. The first-order valence-electron chi connectivity index (χ1n) is 13.9. The number of benzene rings is 1. The highest BCUT2D eigenvalue weighted by molar-refractivity contribution is 7.99. The summed E-state index contributed by atoms with van der Waals surface area (Å²) in [7, 11) is -6.25. The van der Waals surface area contributed by atoms with Crippen LogP contribution in [0.25, 0.3) is 10.4 Å². The van der Waals surface area contributed by atoms with Crippen LogP contribution in [0, 0.1) is 5.82 Å². The Morgan fingerprint density at radius 1 is 1.16 bits per heavy atom. The second kappa shape index (κ2) is 14.3. The summed E-state index contributed by atoms with van der Waals surface area (Å²) in [5, 5.41) is 8.44. The molecule has 18 heteroatoms. The number of thiophene rings is 1. The van der Waals surface area contributed by atoms with Gasteiger partial charge in [-0.2, -0.15) is 8.61 Å². The highest BCUT2D eigenvalue weighted by Gasteiger charge is 2.44. The van der Waals surface area contributed by atoms with Gasteiger partial charge in [-0.1, -0.05) is 23.9 Å². The van der Waals surface area contributed by atoms with Crippen molar-refractivity contribution >= 4 is 49.1 Å². The number of aryl methyl sites for hydroxylation is 1. The van der Waals surface area contributed by atoms with Gasteiger partial charge in [0.1, 0.15) is 22.4 Å². The lowest BCUT2D eigenvalue weighted by Crippen LogP contribution is -2.61. The largest absolute Gasteiger partial charge is 0.350 e. The number of carbonyl (C=O) groups is 1. The molecule has 1 unspecified atom stereocenters. The van der Waals surface area contributed by atoms with Crippen LogP contribution in [-0.4, -0.2) is 96.2 Å². The number of hydrogen-bond donors (Lipinski definition) is 1. The summed E-state index contributed by atoms with van der Waals surface area (Å²) >= 11 is 2.36. The second-order valence-corrected chi connectivity index (χ2v) is 16.6. The molecule has 2 aliphatic rings. The second-order valence-electron chi connectivity index (χ2n) is 10.2. The Bertz CT molecular complexity index is 1640. The number of nitrogens with one attached hydrogen (secondary N) is 1. The van der Waals surface area contributed by atoms with Crippen molar-refractivity contribution in [3.63, 3.8) is 0 Å². The smallest absolute Gasteiger partial charge is 0.263 e. The third-order valence-corrected chi connectivity index (χ3v) is 13.7. The van der Waals surface area contributed by atoms with Crippen molar-refractivity contribution in [1.29, 1.82) is 0 Å². The van der Waals surface area contributed by atoms with Gasteiger partial charge in [-0.15, -0.1) is 21.5 Å². The van der Waals surface area contributed by atoms with Gasteiger partial charge in [0.05, 0.1) is 5.75 Å². The SMILES string of the molecule is Cn1cnnc1SCCCS(=O)(=O)N1CCN(S(=O)(=O)c2ccc(-c3ccc(F)cc3)s2)[C@@H](C(=O)NOC2CCCCO2)C1. The molecule has 2 aliphatic heterocycles. The maximum atomic E-state index is 13.9. The fourth-order valence-corrected chi connectivity index (χ4v) is 10.3. The Labute approximate surface area is 263 Å². The summed E-state index contributed by atoms with van der Waals surface area (Å²) in [6, 6.07) is 7.32. The van der Waals surface area contributed by atoms with E-state index in [1.165, 1.54) is 30.0 Å². The van der Waals surface area contributed by atoms with Gasteiger partial charge in [-0.05, 0) is 49.1 Å². The van der Waals surface area contributed by atoms with Gasteiger partial charge in [0.15, 0.2) is 11.4 Å². The summed E-state index contributed by atoms with van der Waals surface area (Å²) < 4.78 is 77.1. The molecule has 5 rings (SSSR count). The number of thioether (sulfide) groups is 1. The molecule has 0 radical (unpaired) electrons. The Morgan fingerprint density at radius 3 is 2.66 bits per heavy atom. The van der Waals surface area contributed by atoms with Gasteiger partial charge >= 0.3 is 0 Å². The van der Waals surface area contributed by atoms with E-state index in [1.54, 1.807) is 36.1 Å². The third-order valence-electron chi connectivity index (χ3n) is 7.14. The Hall–Kier alpha value is -2.45. The van der Waals surface area contributed by atoms with Crippen LogP contribution in [0.15, 0.2) is 52.1 Å². The maximum absolute atomic E-state index is 13.9. The molecule has 0 saturated carbocycles. The van der Waals surface area contributed by atoms with E-state index < -0.39 is 44.1 Å². The maximum Gasteiger partial charge on any atom is 0.263 e. The van der Waals surface area contributed by atoms with Crippen LogP contribution in [0.4, 0.5) is 4.39 Å². The molecule has 13 nitrogen and oxygen atoms in total. The Morgan fingerprint density at radius 2 is 1.95 bits per heavy atom. The molecule has 1 N–H and O–H groups in total. The fraction of sp³-hybridized carbons (Fsp3) is 0.500. The minimum Gasteiger partial charge on any atom is -0.350 e. The standard InChI is InChI=1S/C26H33FN6O7S4/c1-31-18-28-29-26(31)41-15-4-16-43(35,36)32-12-13-33(21(17-32)25(34)30-40-23-5-2-3-14-39-23)44(37,38)24-11-10-22(42-24)19-6-8-20(27)9-7-19/h6-11,18,21,23H,2-5,12-17H2,1H3,(H,30,34)/t21-,23?/m1/s1. The number of rotatable bonds is 12. The molecule has 44 heavy (non-hydrogen) atoms. The van der Waals surface area contributed by atoms with Crippen LogP contribution in [0.3, 0.4) is 0 Å². The summed E-state index contributed by atoms with van der Waals surface area (Å²) in [5.74, 6) is -0.911. The predicted molar refractivity (Wildman–Crippen MR) is 162 cm³/mol. The van der Waals surface area contributed by atoms with Crippen molar-refractivity contribution in [1.82, 2.24) is 28.9 Å². The monoisotopic (exact) mass is 688 g/mol. The molecule has 4 heterocycles. The number of piperazine rings is 1. The number of carbonyl (C=O) groups excluding carboxylic acids is 1. The molecule has 0 spiro atoms. The highest BCUT2D eigenvalue weighted by atomic mass is 32.2. The summed E-state index contributed by atoms with van der Waals surface area (Å²) in [4.78, 5) is 19.4. The first-order chi connectivity index (χ1) is 21.0. The van der Waals surface area contributed by atoms with Crippen LogP contribution < -0.4 is 5.48 Å². The van der Waals surface area contributed by atoms with Crippen LogP contribution in [0.1, 0.15) is 25.7 Å². The lowest BCUT2D eigenvalue weighted by Gasteiger charge is -2.38. The Kier molecular flexibility index (Phi) is 10.7. The normalized spacial score (nSPS) is 20.5. The topological polar surface area (TPSA) is 153 Å². The predicted octanol–water partition coefficient (Wildman–Crippen LogP) is 2.44. The number of sulfonamides is 2. The van der Waals surface area contributed by atoms with E-state index in [1.807, 2.05) is 0 Å². The van der Waals surface area contributed by atoms with E-state index in [0.29, 0.717) is 40.8 Å². The molecule has 1 aromatic carbocycles. The van der Waals surface area contributed by atoms with Crippen molar-refractivity contribution in [2.75, 3.05) is 37.7 Å². The number of halogens is 1. The van der Waals surface area contributed by atoms with E-state index in [9.17, 15) is 26.0 Å². The molecular formula is C26H33FN6O7S4. The third kappa shape index (κ3) is 7.85. The molecule has 2 saturated heterocycles. The first-order valence-corrected chi connectivity index (χ1v) is 18.8. The summed E-state index contributed by atoms with van der Waals surface area (Å²) in [6.45, 7) is -0.267. The molecule has 2 fully saturated rings. The van der Waals surface area contributed by atoms with E-state index >= 15 is 0 Å². The fourth-order valence-electron chi connectivity index (χ4n) is 4.77. The zero-order valence-corrected chi connectivity index (χ0v) is 27.1. The zero-order valence-electron chi connectivity index (χ0n) is 23.9. The minimum atomic E-state index is -4.22. The van der Waals surface area contributed by atoms with Gasteiger partial charge in [-0.3, -0.25) is 4.79 Å². The number of hydroxylamine groups is 1. The van der Waals surface area contributed by atoms with Crippen molar-refractivity contribution < 1.29 is 35.6 Å². The summed E-state index contributed by atoms with van der Waals surface area (Å²) in [5.41, 5.74) is 2.96. The van der Waals surface area contributed by atoms with Gasteiger partial charge in [0.2, 0.25) is 10.0 Å². The van der Waals surface area contributed by atoms with E-state index in [0.717, 1.165) is 32.8 Å². The zero-order chi connectivity index (χ0) is 31.3. The molecular weight excluding hydrogens is 656 g/mol. The van der Waals surface area contributed by atoms with Crippen molar-refractivity contribution in [3.8, 4) is 10.4 Å². The van der Waals surface area contributed by atoms with E-state index in [-0.39, 0.29) is 29.6 Å². The average molecular weight is 689 g/mol. The van der Waals surface area contributed by atoms with Gasteiger partial charge in [0.25, 0.3) is 15.9 Å². The number of ether oxygens (including phenoxy) is 1. The molecule has 2 atom stereocenters. The summed E-state index contributed by atoms with van der Waals surface area (Å²) in [6.07, 6.45) is 3.47. The number of aromatic nitrogens is 3. The molecule has 3 aromatic rings. The molecule has 2 aromatic heterocycles. The van der Waals surface area contributed by atoms with Crippen LogP contribution in [-0.2, 0) is 41.5 Å². The van der Waals surface area contributed by atoms with Crippen LogP contribution in [0.5, 0.6) is 0 Å². The Balaban J connectivity index is 1.31. The minimum absolute atomic E-state index is 0.0248. The molecule has 1 amide bonds. The van der Waals surface area contributed by atoms with Gasteiger partial charge in [-0.25, -0.2) is 31.5 Å². The highest BCUT2D eigenvalue weighted by Crippen LogP contribution is 2.34. The first kappa shape index (κ1) is 32.9. The van der Waals surface area contributed by atoms with Gasteiger partial charge in [0, 0.05) is 50.3 Å². The van der Waals surface area contributed by atoms with Crippen LogP contribution >= 0.6 is 23.1 Å². The number of hydrogen-bond acceptors (Lipinski definition) is 11. The number of nitrogens with zero attached hydrogens (tertiary/aromatic N) is 5. The van der Waals surface area contributed by atoms with E-state index in [4.69, 9.17) is 9.57 Å². The lowest BCUT2D eigenvalue weighted by atomic mass is 10.2.